The quantitative estimate of drug-likeness (QED) is 0.662. The van der Waals surface area contributed by atoms with E-state index in [0.717, 1.165) is 38.5 Å². The number of carboxylic acids is 1. The van der Waals surface area contributed by atoms with E-state index >= 15 is 0 Å². The molecule has 2 rings (SSSR count). The first-order valence-electron chi connectivity index (χ1n) is 9.45. The molecule has 0 heterocycles. The van der Waals surface area contributed by atoms with Crippen molar-refractivity contribution in [2.24, 2.45) is 28.6 Å². The van der Waals surface area contributed by atoms with Crippen molar-refractivity contribution in [2.45, 2.75) is 65.7 Å². The average Bonchev–Trinajstić information content (AvgIpc) is 2.55. The van der Waals surface area contributed by atoms with Gasteiger partial charge in [-0.05, 0) is 68.1 Å². The molecule has 3 N–H and O–H groups in total. The summed E-state index contributed by atoms with van der Waals surface area (Å²) < 4.78 is 0. The van der Waals surface area contributed by atoms with Gasteiger partial charge >= 0.3 is 5.97 Å². The molecule has 5 unspecified atom stereocenters. The van der Waals surface area contributed by atoms with Gasteiger partial charge in [-0.25, -0.2) is 4.79 Å². The molecule has 1 saturated carbocycles. The van der Waals surface area contributed by atoms with Crippen molar-refractivity contribution in [3.05, 3.63) is 11.6 Å². The van der Waals surface area contributed by atoms with Gasteiger partial charge in [-0.15, -0.1) is 0 Å². The van der Waals surface area contributed by atoms with Crippen LogP contribution in [0.25, 0.3) is 0 Å². The Hall–Kier alpha value is -0.870. The molecule has 0 aromatic heterocycles. The molecule has 0 spiro atoms. The van der Waals surface area contributed by atoms with Crippen LogP contribution in [-0.2, 0) is 4.79 Å². The van der Waals surface area contributed by atoms with Gasteiger partial charge in [-0.1, -0.05) is 26.8 Å². The fourth-order valence-electron chi connectivity index (χ4n) is 5.47. The molecule has 0 aromatic rings. The molecule has 0 aliphatic heterocycles. The summed E-state index contributed by atoms with van der Waals surface area (Å²) in [6.07, 6.45) is 8.39. The normalized spacial score (nSPS) is 37.5. The summed E-state index contributed by atoms with van der Waals surface area (Å²) in [5.74, 6) is 0.313. The zero-order valence-corrected chi connectivity index (χ0v) is 15.4. The lowest BCUT2D eigenvalue weighted by atomic mass is 9.46. The summed E-state index contributed by atoms with van der Waals surface area (Å²) in [6, 6.07) is 0. The van der Waals surface area contributed by atoms with Gasteiger partial charge in [0.2, 0.25) is 0 Å². The molecule has 2 aliphatic rings. The lowest BCUT2D eigenvalue weighted by Gasteiger charge is -2.57. The van der Waals surface area contributed by atoms with Crippen molar-refractivity contribution in [2.75, 3.05) is 13.2 Å². The molecule has 24 heavy (non-hydrogen) atoms. The maximum Gasteiger partial charge on any atom is 0.331 e. The van der Waals surface area contributed by atoms with E-state index < -0.39 is 5.97 Å². The molecule has 0 bridgehead atoms. The average molecular weight is 338 g/mol. The first-order chi connectivity index (χ1) is 11.3. The van der Waals surface area contributed by atoms with Gasteiger partial charge in [-0.3, -0.25) is 0 Å². The molecule has 0 radical (unpaired) electrons. The zero-order chi connectivity index (χ0) is 18.0. The number of aliphatic carboxylic acids is 1. The first kappa shape index (κ1) is 19.5. The molecule has 138 valence electrons. The molecule has 0 aromatic carbocycles. The van der Waals surface area contributed by atoms with Crippen LogP contribution in [0.2, 0.25) is 0 Å². The fraction of sp³-hybridized carbons (Fsp3) is 0.850. The standard InChI is InChI=1S/C20H34O4/c1-14-7-10-20(3)16(18(23)24)5-4-6-17(20)19(14,2)11-8-15(13-22)9-12-21/h5,14-15,17,21-22H,4,6-13H2,1-3H3,(H,23,24). The third-order valence-electron chi connectivity index (χ3n) is 7.32. The van der Waals surface area contributed by atoms with Crippen molar-refractivity contribution in [3.63, 3.8) is 0 Å². The van der Waals surface area contributed by atoms with Crippen LogP contribution < -0.4 is 0 Å². The molecular formula is C20H34O4. The van der Waals surface area contributed by atoms with E-state index in [2.05, 4.69) is 20.8 Å². The van der Waals surface area contributed by atoms with Crippen LogP contribution in [-0.4, -0.2) is 34.5 Å². The Bertz CT molecular complexity index is 486. The maximum absolute atomic E-state index is 11.8. The van der Waals surface area contributed by atoms with Gasteiger partial charge < -0.3 is 15.3 Å². The fourth-order valence-corrected chi connectivity index (χ4v) is 5.47. The van der Waals surface area contributed by atoms with Crippen LogP contribution in [0.1, 0.15) is 65.7 Å². The molecule has 4 nitrogen and oxygen atoms in total. The Morgan fingerprint density at radius 3 is 2.58 bits per heavy atom. The summed E-state index contributed by atoms with van der Waals surface area (Å²) in [5, 5.41) is 28.4. The third-order valence-corrected chi connectivity index (χ3v) is 7.32. The smallest absolute Gasteiger partial charge is 0.331 e. The number of carbonyl (C=O) groups is 1. The first-order valence-corrected chi connectivity index (χ1v) is 9.45. The van der Waals surface area contributed by atoms with Crippen molar-refractivity contribution in [1.29, 1.82) is 0 Å². The van der Waals surface area contributed by atoms with Crippen molar-refractivity contribution >= 4 is 5.97 Å². The summed E-state index contributed by atoms with van der Waals surface area (Å²) in [4.78, 5) is 11.8. The third kappa shape index (κ3) is 3.41. The van der Waals surface area contributed by atoms with E-state index in [4.69, 9.17) is 5.11 Å². The van der Waals surface area contributed by atoms with Crippen LogP contribution in [0.3, 0.4) is 0 Å². The minimum atomic E-state index is -0.757. The Morgan fingerprint density at radius 1 is 1.29 bits per heavy atom. The van der Waals surface area contributed by atoms with Crippen LogP contribution >= 0.6 is 0 Å². The van der Waals surface area contributed by atoms with Crippen LogP contribution in [0.4, 0.5) is 0 Å². The monoisotopic (exact) mass is 338 g/mol. The molecule has 0 amide bonds. The van der Waals surface area contributed by atoms with E-state index in [-0.39, 0.29) is 30.0 Å². The van der Waals surface area contributed by atoms with E-state index in [9.17, 15) is 15.0 Å². The van der Waals surface area contributed by atoms with Crippen molar-refractivity contribution < 1.29 is 20.1 Å². The largest absolute Gasteiger partial charge is 0.478 e. The van der Waals surface area contributed by atoms with Gasteiger partial charge in [0.05, 0.1) is 0 Å². The highest BCUT2D eigenvalue weighted by Crippen LogP contribution is 2.62. The molecule has 4 heteroatoms. The second-order valence-corrected chi connectivity index (χ2v) is 8.52. The van der Waals surface area contributed by atoms with Crippen LogP contribution in [0, 0.1) is 28.6 Å². The van der Waals surface area contributed by atoms with Crippen LogP contribution in [0.15, 0.2) is 11.6 Å². The van der Waals surface area contributed by atoms with Gasteiger partial charge in [0.25, 0.3) is 0 Å². The zero-order valence-electron chi connectivity index (χ0n) is 15.4. The van der Waals surface area contributed by atoms with Gasteiger partial charge in [-0.2, -0.15) is 0 Å². The summed E-state index contributed by atoms with van der Waals surface area (Å²) in [6.45, 7) is 7.02. The minimum absolute atomic E-state index is 0.0881. The predicted molar refractivity (Wildman–Crippen MR) is 94.6 cm³/mol. The molecule has 5 atom stereocenters. The minimum Gasteiger partial charge on any atom is -0.478 e. The second kappa shape index (κ2) is 7.57. The number of aliphatic hydroxyl groups excluding tert-OH is 2. The second-order valence-electron chi connectivity index (χ2n) is 8.52. The highest BCUT2D eigenvalue weighted by atomic mass is 16.4. The van der Waals surface area contributed by atoms with Gasteiger partial charge in [0, 0.05) is 24.2 Å². The molecule has 0 saturated heterocycles. The lowest BCUT2D eigenvalue weighted by molar-refractivity contribution is -0.137. The Morgan fingerprint density at radius 2 is 2.00 bits per heavy atom. The van der Waals surface area contributed by atoms with E-state index in [1.165, 1.54) is 0 Å². The lowest BCUT2D eigenvalue weighted by Crippen LogP contribution is -2.51. The number of hydrogen-bond acceptors (Lipinski definition) is 3. The maximum atomic E-state index is 11.8. The highest BCUT2D eigenvalue weighted by Gasteiger charge is 2.55. The highest BCUT2D eigenvalue weighted by molar-refractivity contribution is 5.88. The predicted octanol–water partition coefficient (Wildman–Crippen LogP) is 3.62. The SMILES string of the molecule is CC1CCC2(C)C(C(=O)O)=CCCC2C1(C)CCC(CO)CCO. The number of aliphatic hydroxyl groups is 2. The molecule has 2 aliphatic carbocycles. The van der Waals surface area contributed by atoms with E-state index in [1.54, 1.807) is 0 Å². The van der Waals surface area contributed by atoms with Crippen molar-refractivity contribution in [1.82, 2.24) is 0 Å². The Balaban J connectivity index is 2.24. The Labute approximate surface area is 146 Å². The number of rotatable bonds is 7. The molecular weight excluding hydrogens is 304 g/mol. The topological polar surface area (TPSA) is 77.8 Å². The van der Waals surface area contributed by atoms with Gasteiger partial charge in [0.1, 0.15) is 0 Å². The Kier molecular flexibility index (Phi) is 6.14. The van der Waals surface area contributed by atoms with Crippen LogP contribution in [0.5, 0.6) is 0 Å². The number of hydrogen-bond donors (Lipinski definition) is 3. The molecule has 1 fully saturated rings. The van der Waals surface area contributed by atoms with Crippen molar-refractivity contribution in [3.8, 4) is 0 Å². The number of fused-ring (bicyclic) bond motifs is 1. The number of allylic oxidation sites excluding steroid dienone is 1. The van der Waals surface area contributed by atoms with E-state index in [0.29, 0.717) is 23.8 Å². The van der Waals surface area contributed by atoms with Gasteiger partial charge in [0.15, 0.2) is 0 Å². The summed E-state index contributed by atoms with van der Waals surface area (Å²) >= 11 is 0. The summed E-state index contributed by atoms with van der Waals surface area (Å²) in [5.41, 5.74) is 0.466. The summed E-state index contributed by atoms with van der Waals surface area (Å²) in [7, 11) is 0. The van der Waals surface area contributed by atoms with E-state index in [1.807, 2.05) is 6.08 Å². The number of carboxylic acid groups (broad SMARTS) is 1.